The molecule has 0 unspecified atom stereocenters. The minimum absolute atomic E-state index is 0.0181. The van der Waals surface area contributed by atoms with Gasteiger partial charge in [0.25, 0.3) is 11.5 Å². The zero-order chi connectivity index (χ0) is 28.8. The number of hydrogen-bond acceptors (Lipinski definition) is 6. The van der Waals surface area contributed by atoms with Crippen LogP contribution in [0.2, 0.25) is 0 Å². The normalized spacial score (nSPS) is 12.2. The molecule has 9 heteroatoms. The number of aryl methyl sites for hydroxylation is 1. The predicted octanol–water partition coefficient (Wildman–Crippen LogP) is 5.03. The fraction of sp³-hybridized carbons (Fsp3) is 0.367. The molecule has 1 fully saturated rings. The van der Waals surface area contributed by atoms with E-state index in [1.165, 1.54) is 4.57 Å². The molecule has 1 amide bonds. The van der Waals surface area contributed by atoms with Crippen LogP contribution in [-0.4, -0.2) is 65.7 Å². The Balaban J connectivity index is 0.000000700. The van der Waals surface area contributed by atoms with E-state index in [1.54, 1.807) is 42.4 Å². The number of ether oxygens (including phenoxy) is 1. The molecule has 3 heterocycles. The van der Waals surface area contributed by atoms with Gasteiger partial charge in [0, 0.05) is 60.2 Å². The SMILES string of the molecule is CC.CC.CNC.Cn1cc(-c2cccc3[nH]ccc23)nc(Nc2ccc(C(=O)N3CCOCC3)cc2)c1=O. The van der Waals surface area contributed by atoms with Crippen molar-refractivity contribution < 1.29 is 9.53 Å². The number of aromatic amines is 1. The minimum atomic E-state index is -0.233. The van der Waals surface area contributed by atoms with Crippen LogP contribution in [0.1, 0.15) is 38.1 Å². The highest BCUT2D eigenvalue weighted by molar-refractivity contribution is 5.95. The Bertz CT molecular complexity index is 1360. The van der Waals surface area contributed by atoms with Gasteiger partial charge >= 0.3 is 0 Å². The number of anilines is 2. The predicted molar refractivity (Wildman–Crippen MR) is 161 cm³/mol. The molecule has 9 nitrogen and oxygen atoms in total. The van der Waals surface area contributed by atoms with Crippen LogP contribution in [0.3, 0.4) is 0 Å². The number of rotatable bonds is 4. The summed E-state index contributed by atoms with van der Waals surface area (Å²) in [6, 6.07) is 15.0. The van der Waals surface area contributed by atoms with Crippen molar-refractivity contribution >= 4 is 28.3 Å². The number of fused-ring (bicyclic) bond motifs is 1. The molecular weight excluding hydrogens is 492 g/mol. The van der Waals surface area contributed by atoms with Crippen LogP contribution in [-0.2, 0) is 11.8 Å². The number of carbonyl (C=O) groups excluding carboxylic acids is 1. The number of benzene rings is 2. The number of nitrogens with zero attached hydrogens (tertiary/aromatic N) is 3. The molecule has 3 N–H and O–H groups in total. The first-order valence-corrected chi connectivity index (χ1v) is 13.5. The van der Waals surface area contributed by atoms with E-state index in [0.717, 1.165) is 16.5 Å². The zero-order valence-electron chi connectivity index (χ0n) is 24.2. The Morgan fingerprint density at radius 2 is 1.62 bits per heavy atom. The van der Waals surface area contributed by atoms with E-state index in [9.17, 15) is 9.59 Å². The van der Waals surface area contributed by atoms with Gasteiger partial charge in [-0.25, -0.2) is 4.98 Å². The standard InChI is InChI=1S/C24H23N5O3.C2H7N.2C2H6/c1-28-15-21(18-3-2-4-20-19(18)9-10-25-20)27-22(24(28)31)26-17-7-5-16(6-8-17)23(30)29-11-13-32-14-12-29;1-3-2;2*1-2/h2-10,15,25H,11-14H2,1H3,(H,26,27);3H,1-2H3;2*1-2H3. The van der Waals surface area contributed by atoms with Crippen LogP contribution in [0.25, 0.3) is 22.2 Å². The van der Waals surface area contributed by atoms with Crippen LogP contribution in [0.15, 0.2) is 65.7 Å². The first-order valence-electron chi connectivity index (χ1n) is 13.5. The molecule has 5 rings (SSSR count). The minimum Gasteiger partial charge on any atom is -0.378 e. The summed E-state index contributed by atoms with van der Waals surface area (Å²) < 4.78 is 6.83. The summed E-state index contributed by atoms with van der Waals surface area (Å²) in [5.41, 5.74) is 3.70. The molecule has 1 aliphatic rings. The van der Waals surface area contributed by atoms with Gasteiger partial charge in [-0.2, -0.15) is 0 Å². The van der Waals surface area contributed by atoms with Gasteiger partial charge < -0.3 is 29.8 Å². The van der Waals surface area contributed by atoms with Crippen molar-refractivity contribution in [1.82, 2.24) is 24.8 Å². The van der Waals surface area contributed by atoms with Crippen LogP contribution in [0.5, 0.6) is 0 Å². The molecule has 0 bridgehead atoms. The summed E-state index contributed by atoms with van der Waals surface area (Å²) in [7, 11) is 5.46. The first kappa shape index (κ1) is 31.3. The third-order valence-electron chi connectivity index (χ3n) is 5.63. The molecule has 0 saturated carbocycles. The van der Waals surface area contributed by atoms with E-state index < -0.39 is 0 Å². The molecule has 0 radical (unpaired) electrons. The van der Waals surface area contributed by atoms with E-state index in [0.29, 0.717) is 43.2 Å². The summed E-state index contributed by atoms with van der Waals surface area (Å²) >= 11 is 0. The Morgan fingerprint density at radius 1 is 0.974 bits per heavy atom. The van der Waals surface area contributed by atoms with Crippen LogP contribution in [0, 0.1) is 0 Å². The maximum atomic E-state index is 12.7. The number of nitrogens with one attached hydrogen (secondary N) is 3. The van der Waals surface area contributed by atoms with Crippen molar-refractivity contribution in [1.29, 1.82) is 0 Å². The van der Waals surface area contributed by atoms with Crippen molar-refractivity contribution in [2.24, 2.45) is 7.05 Å². The molecule has 210 valence electrons. The second-order valence-electron chi connectivity index (χ2n) is 8.24. The number of amides is 1. The third kappa shape index (κ3) is 8.02. The van der Waals surface area contributed by atoms with Gasteiger partial charge in [0.2, 0.25) is 0 Å². The quantitative estimate of drug-likeness (QED) is 0.339. The van der Waals surface area contributed by atoms with Crippen LogP contribution in [0.4, 0.5) is 11.5 Å². The molecule has 39 heavy (non-hydrogen) atoms. The summed E-state index contributed by atoms with van der Waals surface area (Å²) in [5.74, 6) is 0.209. The van der Waals surface area contributed by atoms with Crippen molar-refractivity contribution in [2.75, 3.05) is 45.7 Å². The Morgan fingerprint density at radius 3 is 2.26 bits per heavy atom. The number of aromatic nitrogens is 3. The van der Waals surface area contributed by atoms with Gasteiger partial charge in [-0.05, 0) is 50.5 Å². The molecular formula is C30H42N6O3. The molecule has 2 aromatic heterocycles. The highest BCUT2D eigenvalue weighted by atomic mass is 16.5. The molecule has 0 aliphatic carbocycles. The fourth-order valence-electron chi connectivity index (χ4n) is 3.91. The van der Waals surface area contributed by atoms with Gasteiger partial charge in [0.05, 0.1) is 18.9 Å². The van der Waals surface area contributed by atoms with Crippen LogP contribution < -0.4 is 16.2 Å². The first-order chi connectivity index (χ1) is 19.0. The second kappa shape index (κ2) is 16.1. The summed E-state index contributed by atoms with van der Waals surface area (Å²) in [4.78, 5) is 34.9. The Hall–Kier alpha value is -3.95. The van der Waals surface area contributed by atoms with Crippen molar-refractivity contribution in [3.05, 3.63) is 76.8 Å². The topological polar surface area (TPSA) is 104 Å². The van der Waals surface area contributed by atoms with E-state index in [4.69, 9.17) is 4.74 Å². The Kier molecular flexibility index (Phi) is 12.9. The highest BCUT2D eigenvalue weighted by Crippen LogP contribution is 2.27. The van der Waals surface area contributed by atoms with Crippen molar-refractivity contribution in [3.63, 3.8) is 0 Å². The smallest absolute Gasteiger partial charge is 0.293 e. The van der Waals surface area contributed by atoms with Gasteiger partial charge in [-0.1, -0.05) is 39.8 Å². The largest absolute Gasteiger partial charge is 0.378 e. The number of morpholine rings is 1. The Labute approximate surface area is 231 Å². The molecule has 1 saturated heterocycles. The molecule has 0 atom stereocenters. The summed E-state index contributed by atoms with van der Waals surface area (Å²) in [6.07, 6.45) is 3.62. The van der Waals surface area contributed by atoms with Gasteiger partial charge in [0.15, 0.2) is 5.82 Å². The average molecular weight is 535 g/mol. The molecule has 0 spiro atoms. The number of H-pyrrole nitrogens is 1. The molecule has 4 aromatic rings. The molecule has 1 aliphatic heterocycles. The maximum Gasteiger partial charge on any atom is 0.293 e. The van der Waals surface area contributed by atoms with E-state index in [1.807, 2.05) is 72.3 Å². The van der Waals surface area contributed by atoms with Crippen molar-refractivity contribution in [3.8, 4) is 11.3 Å². The highest BCUT2D eigenvalue weighted by Gasteiger charge is 2.18. The lowest BCUT2D eigenvalue weighted by molar-refractivity contribution is 0.0303. The third-order valence-corrected chi connectivity index (χ3v) is 5.63. The van der Waals surface area contributed by atoms with E-state index in [2.05, 4.69) is 20.6 Å². The number of carbonyl (C=O) groups is 1. The van der Waals surface area contributed by atoms with Gasteiger partial charge in [-0.3, -0.25) is 9.59 Å². The zero-order valence-corrected chi connectivity index (χ0v) is 24.2. The average Bonchev–Trinajstić information content (AvgIpc) is 3.48. The monoisotopic (exact) mass is 534 g/mol. The summed E-state index contributed by atoms with van der Waals surface area (Å²) in [5, 5.41) is 6.90. The lowest BCUT2D eigenvalue weighted by Gasteiger charge is -2.26. The van der Waals surface area contributed by atoms with E-state index in [-0.39, 0.29) is 17.3 Å². The van der Waals surface area contributed by atoms with Crippen molar-refractivity contribution in [2.45, 2.75) is 27.7 Å². The van der Waals surface area contributed by atoms with Gasteiger partial charge in [-0.15, -0.1) is 0 Å². The lowest BCUT2D eigenvalue weighted by atomic mass is 10.1. The number of hydrogen-bond donors (Lipinski definition) is 3. The molecule has 2 aromatic carbocycles. The fourth-order valence-corrected chi connectivity index (χ4v) is 3.91. The summed E-state index contributed by atoms with van der Waals surface area (Å²) in [6.45, 7) is 10.3. The lowest BCUT2D eigenvalue weighted by Crippen LogP contribution is -2.40. The van der Waals surface area contributed by atoms with Gasteiger partial charge in [0.1, 0.15) is 0 Å². The van der Waals surface area contributed by atoms with E-state index >= 15 is 0 Å². The maximum absolute atomic E-state index is 12.7. The van der Waals surface area contributed by atoms with Crippen LogP contribution >= 0.6 is 0 Å². The second-order valence-corrected chi connectivity index (χ2v) is 8.24.